The molecule has 0 aliphatic carbocycles. The molecule has 0 fully saturated rings. The third-order valence-corrected chi connectivity index (χ3v) is 4.70. The number of imidazole rings is 1. The Labute approximate surface area is 172 Å². The predicted octanol–water partition coefficient (Wildman–Crippen LogP) is 4.54. The van der Waals surface area contributed by atoms with E-state index in [-0.39, 0.29) is 5.91 Å². The van der Waals surface area contributed by atoms with Crippen molar-refractivity contribution in [2.45, 2.75) is 0 Å². The summed E-state index contributed by atoms with van der Waals surface area (Å²) in [6.07, 6.45) is 6.87. The molecule has 0 atom stereocenters. The Bertz CT molecular complexity index is 1260. The molecule has 0 bridgehead atoms. The van der Waals surface area contributed by atoms with E-state index in [1.165, 1.54) is 0 Å². The van der Waals surface area contributed by atoms with Gasteiger partial charge in [-0.1, -0.05) is 24.8 Å². The van der Waals surface area contributed by atoms with Gasteiger partial charge in [0.15, 0.2) is 11.5 Å². The number of nitrogens with one attached hydrogen (secondary N) is 2. The molecular formula is C22H18N6O2. The highest BCUT2D eigenvalue weighted by molar-refractivity contribution is 5.98. The van der Waals surface area contributed by atoms with Crippen LogP contribution in [0.25, 0.3) is 23.0 Å². The first kappa shape index (κ1) is 19.0. The maximum absolute atomic E-state index is 12.0. The van der Waals surface area contributed by atoms with Gasteiger partial charge in [0.25, 0.3) is 5.91 Å². The molecular weight excluding hydrogens is 380 g/mol. The third-order valence-electron chi connectivity index (χ3n) is 4.70. The van der Waals surface area contributed by atoms with Crippen molar-refractivity contribution in [1.29, 1.82) is 0 Å². The van der Waals surface area contributed by atoms with E-state index >= 15 is 0 Å². The molecule has 4 rings (SSSR count). The van der Waals surface area contributed by atoms with E-state index in [2.05, 4.69) is 32.4 Å². The summed E-state index contributed by atoms with van der Waals surface area (Å²) in [5.74, 6) is 0.392. The number of hydrogen-bond acceptors (Lipinski definition) is 6. The van der Waals surface area contributed by atoms with Crippen LogP contribution in [0.1, 0.15) is 15.9 Å². The van der Waals surface area contributed by atoms with Crippen LogP contribution in [-0.2, 0) is 0 Å². The van der Waals surface area contributed by atoms with Crippen LogP contribution in [-0.4, -0.2) is 27.3 Å². The number of anilines is 2. The molecule has 2 N–H and O–H groups in total. The zero-order chi connectivity index (χ0) is 21.1. The van der Waals surface area contributed by atoms with Crippen LogP contribution < -0.4 is 10.6 Å². The van der Waals surface area contributed by atoms with Crippen molar-refractivity contribution in [2.75, 3.05) is 12.4 Å². The van der Waals surface area contributed by atoms with Crippen molar-refractivity contribution in [3.63, 3.8) is 0 Å². The Morgan fingerprint density at radius 2 is 1.97 bits per heavy atom. The molecule has 4 aromatic rings. The van der Waals surface area contributed by atoms with Crippen molar-refractivity contribution in [1.82, 2.24) is 19.7 Å². The van der Waals surface area contributed by atoms with Crippen molar-refractivity contribution in [2.24, 2.45) is 5.18 Å². The minimum atomic E-state index is -0.176. The molecule has 0 spiro atoms. The van der Waals surface area contributed by atoms with Crippen LogP contribution in [0.2, 0.25) is 0 Å². The van der Waals surface area contributed by atoms with E-state index in [0.717, 1.165) is 16.9 Å². The summed E-state index contributed by atoms with van der Waals surface area (Å²) in [5, 5.41) is 8.81. The van der Waals surface area contributed by atoms with E-state index in [0.29, 0.717) is 28.3 Å². The number of amides is 1. The summed E-state index contributed by atoms with van der Waals surface area (Å²) >= 11 is 0. The molecule has 2 aromatic carbocycles. The summed E-state index contributed by atoms with van der Waals surface area (Å²) in [7, 11) is 1.59. The van der Waals surface area contributed by atoms with Gasteiger partial charge in [-0.2, -0.15) is 0 Å². The molecule has 148 valence electrons. The summed E-state index contributed by atoms with van der Waals surface area (Å²) in [6.45, 7) is 3.79. The summed E-state index contributed by atoms with van der Waals surface area (Å²) in [4.78, 5) is 31.5. The average Bonchev–Trinajstić information content (AvgIpc) is 3.23. The fourth-order valence-corrected chi connectivity index (χ4v) is 3.20. The first-order valence-electron chi connectivity index (χ1n) is 9.16. The molecule has 0 radical (unpaired) electrons. The maximum Gasteiger partial charge on any atom is 0.251 e. The highest BCUT2D eigenvalue weighted by Gasteiger charge is 2.13. The van der Waals surface area contributed by atoms with Crippen LogP contribution >= 0.6 is 0 Å². The zero-order valence-electron chi connectivity index (χ0n) is 16.2. The Morgan fingerprint density at radius 1 is 1.17 bits per heavy atom. The molecule has 0 unspecified atom stereocenters. The number of benzene rings is 2. The second-order valence-corrected chi connectivity index (χ2v) is 6.46. The Balaban J connectivity index is 1.70. The molecule has 0 saturated heterocycles. The lowest BCUT2D eigenvalue weighted by Gasteiger charge is -2.11. The Morgan fingerprint density at radius 3 is 2.67 bits per heavy atom. The van der Waals surface area contributed by atoms with Gasteiger partial charge in [-0.3, -0.25) is 9.20 Å². The maximum atomic E-state index is 12.0. The van der Waals surface area contributed by atoms with Gasteiger partial charge in [0, 0.05) is 36.3 Å². The number of hydrogen-bond donors (Lipinski definition) is 2. The van der Waals surface area contributed by atoms with Gasteiger partial charge in [0.05, 0.1) is 11.9 Å². The van der Waals surface area contributed by atoms with Crippen LogP contribution in [0.15, 0.2) is 72.8 Å². The molecule has 0 aliphatic heterocycles. The topological polar surface area (TPSA) is 101 Å². The van der Waals surface area contributed by atoms with Gasteiger partial charge in [0.2, 0.25) is 0 Å². The van der Waals surface area contributed by atoms with Crippen molar-refractivity contribution < 1.29 is 4.79 Å². The van der Waals surface area contributed by atoms with Crippen LogP contribution in [0, 0.1) is 4.91 Å². The second kappa shape index (κ2) is 7.96. The standard InChI is InChI=1S/C22H18N6O2/c1-3-14-12-17(8-9-18(14)22(29)23-2)26-20-21-25-13-19(28(21)11-10-24-20)15-4-6-16(27-30)7-5-15/h3-13H,1H2,2H3,(H,23,29)(H,24,26). The molecule has 30 heavy (non-hydrogen) atoms. The molecule has 2 aromatic heterocycles. The minimum Gasteiger partial charge on any atom is -0.355 e. The average molecular weight is 398 g/mol. The van der Waals surface area contributed by atoms with Gasteiger partial charge in [-0.25, -0.2) is 9.97 Å². The van der Waals surface area contributed by atoms with Gasteiger partial charge in [0.1, 0.15) is 5.69 Å². The first-order valence-corrected chi connectivity index (χ1v) is 9.16. The van der Waals surface area contributed by atoms with Crippen LogP contribution in [0.5, 0.6) is 0 Å². The van der Waals surface area contributed by atoms with Crippen LogP contribution in [0.3, 0.4) is 0 Å². The fraction of sp³-hybridized carbons (Fsp3) is 0.0455. The Hall–Kier alpha value is -4.33. The first-order chi connectivity index (χ1) is 14.6. The largest absolute Gasteiger partial charge is 0.355 e. The molecule has 1 amide bonds. The monoisotopic (exact) mass is 398 g/mol. The lowest BCUT2D eigenvalue weighted by molar-refractivity contribution is 0.0963. The number of rotatable bonds is 6. The SMILES string of the molecule is C=Cc1cc(Nc2nccn3c(-c4ccc(N=O)cc4)cnc23)ccc1C(=O)NC. The van der Waals surface area contributed by atoms with E-state index in [1.807, 2.05) is 28.8 Å². The van der Waals surface area contributed by atoms with E-state index in [1.54, 1.807) is 49.8 Å². The number of aromatic nitrogens is 3. The zero-order valence-corrected chi connectivity index (χ0v) is 16.2. The minimum absolute atomic E-state index is 0.176. The van der Waals surface area contributed by atoms with Crippen molar-refractivity contribution in [3.05, 3.63) is 83.7 Å². The lowest BCUT2D eigenvalue weighted by Crippen LogP contribution is -2.18. The van der Waals surface area contributed by atoms with Crippen molar-refractivity contribution >= 4 is 34.8 Å². The fourth-order valence-electron chi connectivity index (χ4n) is 3.20. The summed E-state index contributed by atoms with van der Waals surface area (Å²) in [6, 6.07) is 12.3. The van der Waals surface area contributed by atoms with E-state index < -0.39 is 0 Å². The molecule has 8 nitrogen and oxygen atoms in total. The number of carbonyl (C=O) groups excluding carboxylic acids is 1. The third kappa shape index (κ3) is 3.42. The Kier molecular flexibility index (Phi) is 5.04. The smallest absolute Gasteiger partial charge is 0.251 e. The predicted molar refractivity (Wildman–Crippen MR) is 117 cm³/mol. The molecule has 8 heteroatoms. The van der Waals surface area contributed by atoms with Gasteiger partial charge >= 0.3 is 0 Å². The van der Waals surface area contributed by atoms with Crippen LogP contribution in [0.4, 0.5) is 17.2 Å². The van der Waals surface area contributed by atoms with Gasteiger partial charge in [-0.05, 0) is 41.1 Å². The number of carbonyl (C=O) groups is 1. The summed E-state index contributed by atoms with van der Waals surface area (Å²) < 4.78 is 1.91. The lowest BCUT2D eigenvalue weighted by atomic mass is 10.1. The van der Waals surface area contributed by atoms with E-state index in [4.69, 9.17) is 0 Å². The van der Waals surface area contributed by atoms with Gasteiger partial charge < -0.3 is 10.6 Å². The number of nitrogens with zero attached hydrogens (tertiary/aromatic N) is 4. The summed E-state index contributed by atoms with van der Waals surface area (Å²) in [5.41, 5.74) is 4.77. The number of nitroso groups, excluding NO2 is 1. The van der Waals surface area contributed by atoms with Gasteiger partial charge in [-0.15, -0.1) is 4.91 Å². The van der Waals surface area contributed by atoms with E-state index in [9.17, 15) is 9.70 Å². The highest BCUT2D eigenvalue weighted by atomic mass is 16.3. The molecule has 2 heterocycles. The normalized spacial score (nSPS) is 10.6. The molecule has 0 saturated carbocycles. The van der Waals surface area contributed by atoms with Crippen molar-refractivity contribution in [3.8, 4) is 11.3 Å². The quantitative estimate of drug-likeness (QED) is 0.464. The molecule has 0 aliphatic rings. The second-order valence-electron chi connectivity index (χ2n) is 6.46. The highest BCUT2D eigenvalue weighted by Crippen LogP contribution is 2.27. The number of fused-ring (bicyclic) bond motifs is 1.